The van der Waals surface area contributed by atoms with Crippen molar-refractivity contribution in [3.8, 4) is 16.9 Å². The van der Waals surface area contributed by atoms with E-state index in [4.69, 9.17) is 4.74 Å². The zero-order chi connectivity index (χ0) is 23.5. The Hall–Kier alpha value is -4.63. The molecule has 3 aromatic heterocycles. The molecule has 0 bridgehead atoms. The van der Waals surface area contributed by atoms with Gasteiger partial charge in [-0.05, 0) is 24.3 Å². The smallest absolute Gasteiger partial charge is 0.269 e. The first-order valence-electron chi connectivity index (χ1n) is 10.4. The Morgan fingerprint density at radius 2 is 1.94 bits per heavy atom. The highest BCUT2D eigenvalue weighted by Gasteiger charge is 2.42. The maximum absolute atomic E-state index is 13.4. The van der Waals surface area contributed by atoms with Gasteiger partial charge in [0.1, 0.15) is 5.75 Å². The molecule has 2 aromatic carbocycles. The summed E-state index contributed by atoms with van der Waals surface area (Å²) in [4.78, 5) is 24.7. The maximum atomic E-state index is 13.4. The summed E-state index contributed by atoms with van der Waals surface area (Å²) >= 11 is 0. The summed E-state index contributed by atoms with van der Waals surface area (Å²) in [5.41, 5.74) is 0.936. The number of hydrogen-bond acceptors (Lipinski definition) is 7. The lowest BCUT2D eigenvalue weighted by Crippen LogP contribution is -2.42. The van der Waals surface area contributed by atoms with E-state index in [9.17, 15) is 9.90 Å². The fourth-order valence-electron chi connectivity index (χ4n) is 3.79. The van der Waals surface area contributed by atoms with Gasteiger partial charge < -0.3 is 20.1 Å². The van der Waals surface area contributed by atoms with Gasteiger partial charge in [-0.1, -0.05) is 30.3 Å². The molecule has 0 aliphatic heterocycles. The molecule has 1 amide bonds. The van der Waals surface area contributed by atoms with Gasteiger partial charge in [-0.15, -0.1) is 0 Å². The SMILES string of the molecule is COc1ccc2nncc(-c3cncc(NC(=O)[C@@](O)(c4ccccc4)c4ncc[nH]4)c3)c2c1. The molecule has 34 heavy (non-hydrogen) atoms. The van der Waals surface area contributed by atoms with Gasteiger partial charge in [0.15, 0.2) is 5.82 Å². The van der Waals surface area contributed by atoms with Crippen LogP contribution in [0.1, 0.15) is 11.4 Å². The number of carbonyl (C=O) groups excluding carboxylic acids is 1. The second-order valence-electron chi connectivity index (χ2n) is 7.57. The lowest BCUT2D eigenvalue weighted by molar-refractivity contribution is -0.131. The number of imidazole rings is 1. The summed E-state index contributed by atoms with van der Waals surface area (Å²) in [6.45, 7) is 0. The molecule has 3 heterocycles. The highest BCUT2D eigenvalue weighted by molar-refractivity contribution is 6.01. The molecule has 0 aliphatic rings. The lowest BCUT2D eigenvalue weighted by atomic mass is 9.91. The minimum Gasteiger partial charge on any atom is -0.497 e. The van der Waals surface area contributed by atoms with Crippen molar-refractivity contribution in [3.05, 3.63) is 97.0 Å². The van der Waals surface area contributed by atoms with Crippen LogP contribution in [0, 0.1) is 0 Å². The molecule has 0 spiro atoms. The Morgan fingerprint density at radius 1 is 1.09 bits per heavy atom. The minimum atomic E-state index is -2.03. The van der Waals surface area contributed by atoms with E-state index in [-0.39, 0.29) is 5.82 Å². The topological polar surface area (TPSA) is 126 Å². The molecule has 0 fully saturated rings. The molecule has 0 saturated carbocycles. The van der Waals surface area contributed by atoms with Crippen LogP contribution in [-0.2, 0) is 10.4 Å². The molecule has 9 nitrogen and oxygen atoms in total. The number of amides is 1. The monoisotopic (exact) mass is 452 g/mol. The Kier molecular flexibility index (Phi) is 5.44. The van der Waals surface area contributed by atoms with E-state index in [2.05, 4.69) is 30.5 Å². The summed E-state index contributed by atoms with van der Waals surface area (Å²) in [6.07, 6.45) is 7.84. The zero-order valence-corrected chi connectivity index (χ0v) is 18.1. The third-order valence-electron chi connectivity index (χ3n) is 5.51. The van der Waals surface area contributed by atoms with E-state index in [1.54, 1.807) is 62.1 Å². The molecule has 5 rings (SSSR count). The van der Waals surface area contributed by atoms with Crippen molar-refractivity contribution in [1.82, 2.24) is 25.1 Å². The zero-order valence-electron chi connectivity index (χ0n) is 18.1. The Labute approximate surface area is 194 Å². The molecular formula is C25H20N6O3. The van der Waals surface area contributed by atoms with Crippen molar-refractivity contribution in [1.29, 1.82) is 0 Å². The molecule has 0 aliphatic carbocycles. The number of fused-ring (bicyclic) bond motifs is 1. The van der Waals surface area contributed by atoms with E-state index in [1.807, 2.05) is 18.2 Å². The van der Waals surface area contributed by atoms with Gasteiger partial charge >= 0.3 is 0 Å². The summed E-state index contributed by atoms with van der Waals surface area (Å²) in [5, 5.41) is 23.4. The molecule has 5 aromatic rings. The average molecular weight is 452 g/mol. The van der Waals surface area contributed by atoms with Crippen molar-refractivity contribution in [3.63, 3.8) is 0 Å². The molecule has 9 heteroatoms. The van der Waals surface area contributed by atoms with Crippen LogP contribution in [0.2, 0.25) is 0 Å². The number of pyridine rings is 1. The number of aliphatic hydroxyl groups is 1. The fourth-order valence-corrected chi connectivity index (χ4v) is 3.79. The first-order valence-corrected chi connectivity index (χ1v) is 10.4. The van der Waals surface area contributed by atoms with Crippen LogP contribution in [0.3, 0.4) is 0 Å². The summed E-state index contributed by atoms with van der Waals surface area (Å²) in [7, 11) is 1.60. The number of benzene rings is 2. The number of aromatic nitrogens is 5. The van der Waals surface area contributed by atoms with Crippen LogP contribution in [0.5, 0.6) is 5.75 Å². The summed E-state index contributed by atoms with van der Waals surface area (Å²) in [6, 6.07) is 15.9. The number of nitrogens with one attached hydrogen (secondary N) is 2. The average Bonchev–Trinajstić information content (AvgIpc) is 3.44. The highest BCUT2D eigenvalue weighted by atomic mass is 16.5. The van der Waals surface area contributed by atoms with Crippen molar-refractivity contribution < 1.29 is 14.6 Å². The number of hydrogen-bond donors (Lipinski definition) is 3. The minimum absolute atomic E-state index is 0.108. The standard InChI is InChI=1S/C25H20N6O3/c1-34-19-7-8-22-20(12-19)21(15-29-31-22)16-11-18(14-26-13-16)30-24(32)25(33,23-27-9-10-28-23)17-5-3-2-4-6-17/h2-15,33H,1H3,(H,27,28)(H,30,32)/t25-/m1/s1. The number of aromatic amines is 1. The number of carbonyl (C=O) groups is 1. The summed E-state index contributed by atoms with van der Waals surface area (Å²) < 4.78 is 5.35. The normalized spacial score (nSPS) is 12.8. The van der Waals surface area contributed by atoms with Gasteiger partial charge in [-0.2, -0.15) is 10.2 Å². The number of nitrogens with zero attached hydrogens (tertiary/aromatic N) is 4. The molecule has 168 valence electrons. The Morgan fingerprint density at radius 3 is 2.71 bits per heavy atom. The van der Waals surface area contributed by atoms with E-state index >= 15 is 0 Å². The van der Waals surface area contributed by atoms with Gasteiger partial charge in [-0.3, -0.25) is 9.78 Å². The Bertz CT molecular complexity index is 1460. The van der Waals surface area contributed by atoms with Crippen molar-refractivity contribution in [2.24, 2.45) is 0 Å². The lowest BCUT2D eigenvalue weighted by Gasteiger charge is -2.25. The predicted molar refractivity (Wildman–Crippen MR) is 126 cm³/mol. The van der Waals surface area contributed by atoms with E-state index < -0.39 is 11.5 Å². The Balaban J connectivity index is 1.52. The molecular weight excluding hydrogens is 432 g/mol. The number of H-pyrrole nitrogens is 1. The molecule has 3 N–H and O–H groups in total. The fraction of sp³-hybridized carbons (Fsp3) is 0.0800. The van der Waals surface area contributed by atoms with Gasteiger partial charge in [-0.25, -0.2) is 4.98 Å². The first kappa shape index (κ1) is 21.2. The quantitative estimate of drug-likeness (QED) is 0.361. The number of methoxy groups -OCH3 is 1. The van der Waals surface area contributed by atoms with Crippen LogP contribution in [0.4, 0.5) is 5.69 Å². The van der Waals surface area contributed by atoms with Gasteiger partial charge in [0, 0.05) is 40.7 Å². The van der Waals surface area contributed by atoms with E-state index in [1.165, 1.54) is 12.4 Å². The van der Waals surface area contributed by atoms with Gasteiger partial charge in [0.25, 0.3) is 5.91 Å². The molecule has 0 unspecified atom stereocenters. The third kappa shape index (κ3) is 3.74. The first-order chi connectivity index (χ1) is 16.6. The van der Waals surface area contributed by atoms with E-state index in [0.717, 1.165) is 10.9 Å². The molecule has 1 atom stereocenters. The van der Waals surface area contributed by atoms with E-state index in [0.29, 0.717) is 28.1 Å². The highest BCUT2D eigenvalue weighted by Crippen LogP contribution is 2.32. The third-order valence-corrected chi connectivity index (χ3v) is 5.51. The van der Waals surface area contributed by atoms with Gasteiger partial charge in [0.2, 0.25) is 5.60 Å². The number of anilines is 1. The second kappa shape index (κ2) is 8.72. The molecule has 0 radical (unpaired) electrons. The van der Waals surface area contributed by atoms with Crippen LogP contribution in [0.15, 0.2) is 85.6 Å². The largest absolute Gasteiger partial charge is 0.497 e. The predicted octanol–water partition coefficient (Wildman–Crippen LogP) is 3.30. The summed E-state index contributed by atoms with van der Waals surface area (Å²) in [5.74, 6) is 0.120. The maximum Gasteiger partial charge on any atom is 0.269 e. The van der Waals surface area contributed by atoms with Crippen LogP contribution in [0.25, 0.3) is 22.0 Å². The van der Waals surface area contributed by atoms with Crippen molar-refractivity contribution in [2.75, 3.05) is 12.4 Å². The second-order valence-corrected chi connectivity index (χ2v) is 7.57. The van der Waals surface area contributed by atoms with Crippen molar-refractivity contribution >= 4 is 22.5 Å². The van der Waals surface area contributed by atoms with Crippen LogP contribution in [-0.4, -0.2) is 43.3 Å². The van der Waals surface area contributed by atoms with Crippen LogP contribution < -0.4 is 10.1 Å². The number of ether oxygens (including phenoxy) is 1. The van der Waals surface area contributed by atoms with Gasteiger partial charge in [0.05, 0.1) is 30.7 Å². The molecule has 0 saturated heterocycles. The number of rotatable bonds is 6. The van der Waals surface area contributed by atoms with Crippen molar-refractivity contribution in [2.45, 2.75) is 5.60 Å². The van der Waals surface area contributed by atoms with Crippen LogP contribution >= 0.6 is 0 Å².